The number of halogens is 2. The van der Waals surface area contributed by atoms with Crippen molar-refractivity contribution in [2.24, 2.45) is 0 Å². The number of nitrogens with zero attached hydrogens (tertiary/aromatic N) is 1. The van der Waals surface area contributed by atoms with E-state index in [9.17, 15) is 0 Å². The van der Waals surface area contributed by atoms with Gasteiger partial charge in [0, 0.05) is 16.5 Å². The summed E-state index contributed by atoms with van der Waals surface area (Å²) >= 11 is 8.93. The molecule has 0 atom stereocenters. The molecule has 0 spiro atoms. The molecule has 0 saturated carbocycles. The summed E-state index contributed by atoms with van der Waals surface area (Å²) in [6.07, 6.45) is 8.00. The van der Waals surface area contributed by atoms with Gasteiger partial charge in [-0.3, -0.25) is 4.98 Å². The molecule has 4 heteroatoms. The van der Waals surface area contributed by atoms with E-state index >= 15 is 0 Å². The summed E-state index contributed by atoms with van der Waals surface area (Å²) in [7, 11) is 0. The number of pyridine rings is 1. The van der Waals surface area contributed by atoms with Gasteiger partial charge in [-0.2, -0.15) is 0 Å². The zero-order valence-electron chi connectivity index (χ0n) is 8.59. The zero-order chi connectivity index (χ0) is 10.9. The highest BCUT2D eigenvalue weighted by molar-refractivity contribution is 9.10. The molecule has 2 nitrogen and oxygen atoms in total. The lowest BCUT2D eigenvalue weighted by Gasteiger charge is -2.05. The first-order chi connectivity index (χ1) is 7.33. The van der Waals surface area contributed by atoms with Crippen LogP contribution in [0.1, 0.15) is 25.7 Å². The average Bonchev–Trinajstić information content (AvgIpc) is 2.23. The highest BCUT2D eigenvalue weighted by Gasteiger charge is 1.95. The lowest BCUT2D eigenvalue weighted by atomic mass is 10.2. The van der Waals surface area contributed by atoms with Crippen molar-refractivity contribution in [3.8, 4) is 5.75 Å². The molecule has 0 N–H and O–H groups in total. The maximum atomic E-state index is 5.58. The van der Waals surface area contributed by atoms with E-state index in [-0.39, 0.29) is 0 Å². The predicted octanol–water partition coefficient (Wildman–Crippen LogP) is 4.02. The van der Waals surface area contributed by atoms with Gasteiger partial charge in [-0.05, 0) is 34.8 Å². The fraction of sp³-hybridized carbons (Fsp3) is 0.545. The largest absolute Gasteiger partial charge is 0.492 e. The first kappa shape index (κ1) is 12.8. The van der Waals surface area contributed by atoms with E-state index in [1.54, 1.807) is 12.4 Å². The van der Waals surface area contributed by atoms with E-state index < -0.39 is 0 Å². The minimum absolute atomic E-state index is 0.750. The quantitative estimate of drug-likeness (QED) is 0.559. The Balaban J connectivity index is 2.10. The maximum absolute atomic E-state index is 5.58. The molecular weight excluding hydrogens is 277 g/mol. The van der Waals surface area contributed by atoms with Gasteiger partial charge < -0.3 is 4.74 Å². The molecule has 0 aliphatic carbocycles. The Kier molecular flexibility index (Phi) is 6.77. The Morgan fingerprint density at radius 3 is 2.73 bits per heavy atom. The molecule has 0 aromatic carbocycles. The number of rotatable bonds is 7. The molecule has 1 rings (SSSR count). The number of hydrogen-bond acceptors (Lipinski definition) is 2. The van der Waals surface area contributed by atoms with Gasteiger partial charge in [0.1, 0.15) is 5.75 Å². The summed E-state index contributed by atoms with van der Waals surface area (Å²) in [5.41, 5.74) is 0. The number of alkyl halides is 1. The molecule has 0 aliphatic heterocycles. The van der Waals surface area contributed by atoms with Crippen LogP contribution < -0.4 is 4.74 Å². The van der Waals surface area contributed by atoms with E-state index in [1.165, 1.54) is 12.8 Å². The van der Waals surface area contributed by atoms with Gasteiger partial charge in [-0.15, -0.1) is 11.6 Å². The number of aromatic nitrogens is 1. The molecule has 0 saturated heterocycles. The van der Waals surface area contributed by atoms with Crippen molar-refractivity contribution in [1.29, 1.82) is 0 Å². The topological polar surface area (TPSA) is 22.1 Å². The molecule has 0 amide bonds. The smallest absolute Gasteiger partial charge is 0.138 e. The average molecular weight is 293 g/mol. The minimum Gasteiger partial charge on any atom is -0.492 e. The summed E-state index contributed by atoms with van der Waals surface area (Å²) in [5.74, 6) is 1.58. The van der Waals surface area contributed by atoms with Crippen LogP contribution in [0.25, 0.3) is 0 Å². The predicted molar refractivity (Wildman–Crippen MR) is 66.6 cm³/mol. The number of ether oxygens (including phenoxy) is 1. The van der Waals surface area contributed by atoms with Gasteiger partial charge >= 0.3 is 0 Å². The van der Waals surface area contributed by atoms with Crippen LogP contribution in [0.5, 0.6) is 5.75 Å². The normalized spacial score (nSPS) is 10.3. The first-order valence-electron chi connectivity index (χ1n) is 5.12. The second-order valence-electron chi connectivity index (χ2n) is 3.29. The van der Waals surface area contributed by atoms with Crippen LogP contribution in [0, 0.1) is 0 Å². The molecule has 15 heavy (non-hydrogen) atoms. The third-order valence-corrected chi connectivity index (χ3v) is 2.68. The van der Waals surface area contributed by atoms with Crippen molar-refractivity contribution in [3.05, 3.63) is 22.9 Å². The number of unbranched alkanes of at least 4 members (excludes halogenated alkanes) is 3. The molecule has 1 aromatic heterocycles. The van der Waals surface area contributed by atoms with Crippen LogP contribution in [0.4, 0.5) is 0 Å². The standard InChI is InChI=1S/C11H15BrClNO/c12-10-7-11(9-14-8-10)15-6-4-2-1-3-5-13/h7-9H,1-6H2. The van der Waals surface area contributed by atoms with Crippen molar-refractivity contribution in [3.63, 3.8) is 0 Å². The molecule has 0 fully saturated rings. The summed E-state index contributed by atoms with van der Waals surface area (Å²) in [5, 5.41) is 0. The zero-order valence-corrected chi connectivity index (χ0v) is 10.9. The Bertz CT molecular complexity index is 283. The van der Waals surface area contributed by atoms with Gasteiger partial charge in [-0.1, -0.05) is 12.8 Å². The Morgan fingerprint density at radius 2 is 2.00 bits per heavy atom. The van der Waals surface area contributed by atoms with Gasteiger partial charge in [0.05, 0.1) is 12.8 Å². The van der Waals surface area contributed by atoms with Crippen molar-refractivity contribution >= 4 is 27.5 Å². The Hall–Kier alpha value is -0.280. The molecule has 0 bridgehead atoms. The fourth-order valence-corrected chi connectivity index (χ4v) is 1.74. The van der Waals surface area contributed by atoms with E-state index in [0.29, 0.717) is 0 Å². The summed E-state index contributed by atoms with van der Waals surface area (Å²) in [4.78, 5) is 4.02. The Labute approximate surface area is 104 Å². The van der Waals surface area contributed by atoms with Gasteiger partial charge in [-0.25, -0.2) is 0 Å². The van der Waals surface area contributed by atoms with Crippen molar-refractivity contribution < 1.29 is 4.74 Å². The molecule has 0 radical (unpaired) electrons. The highest BCUT2D eigenvalue weighted by Crippen LogP contribution is 2.16. The number of hydrogen-bond donors (Lipinski definition) is 0. The molecule has 0 unspecified atom stereocenters. The van der Waals surface area contributed by atoms with Gasteiger partial charge in [0.2, 0.25) is 0 Å². The van der Waals surface area contributed by atoms with Crippen molar-refractivity contribution in [2.45, 2.75) is 25.7 Å². The van der Waals surface area contributed by atoms with Crippen LogP contribution in [0.15, 0.2) is 22.9 Å². The Morgan fingerprint density at radius 1 is 1.20 bits per heavy atom. The molecule has 1 aromatic rings. The molecule has 84 valence electrons. The van der Waals surface area contributed by atoms with E-state index in [4.69, 9.17) is 16.3 Å². The van der Waals surface area contributed by atoms with E-state index in [1.807, 2.05) is 6.07 Å². The minimum atomic E-state index is 0.750. The second-order valence-corrected chi connectivity index (χ2v) is 4.58. The summed E-state index contributed by atoms with van der Waals surface area (Å²) in [6, 6.07) is 1.92. The SMILES string of the molecule is ClCCCCCCOc1cncc(Br)c1. The van der Waals surface area contributed by atoms with Crippen LogP contribution in [0.3, 0.4) is 0 Å². The van der Waals surface area contributed by atoms with Crippen molar-refractivity contribution in [1.82, 2.24) is 4.98 Å². The van der Waals surface area contributed by atoms with Crippen LogP contribution in [0.2, 0.25) is 0 Å². The lowest BCUT2D eigenvalue weighted by molar-refractivity contribution is 0.304. The highest BCUT2D eigenvalue weighted by atomic mass is 79.9. The first-order valence-corrected chi connectivity index (χ1v) is 6.45. The van der Waals surface area contributed by atoms with E-state index in [2.05, 4.69) is 20.9 Å². The van der Waals surface area contributed by atoms with Gasteiger partial charge in [0.25, 0.3) is 0 Å². The van der Waals surface area contributed by atoms with Crippen LogP contribution >= 0.6 is 27.5 Å². The lowest BCUT2D eigenvalue weighted by Crippen LogP contribution is -1.97. The second kappa shape index (κ2) is 7.94. The third-order valence-electron chi connectivity index (χ3n) is 1.98. The fourth-order valence-electron chi connectivity index (χ4n) is 1.21. The molecule has 1 heterocycles. The van der Waals surface area contributed by atoms with E-state index in [0.717, 1.165) is 35.6 Å². The third kappa shape index (κ3) is 6.00. The van der Waals surface area contributed by atoms with Crippen molar-refractivity contribution in [2.75, 3.05) is 12.5 Å². The summed E-state index contributed by atoms with van der Waals surface area (Å²) < 4.78 is 6.49. The molecule has 0 aliphatic rings. The van der Waals surface area contributed by atoms with Crippen LogP contribution in [-0.2, 0) is 0 Å². The summed E-state index contributed by atoms with van der Waals surface area (Å²) in [6.45, 7) is 0.750. The maximum Gasteiger partial charge on any atom is 0.138 e. The van der Waals surface area contributed by atoms with Crippen LogP contribution in [-0.4, -0.2) is 17.5 Å². The van der Waals surface area contributed by atoms with Gasteiger partial charge in [0.15, 0.2) is 0 Å². The monoisotopic (exact) mass is 291 g/mol. The molecular formula is C11H15BrClNO.